The largest absolute Gasteiger partial charge is 0.355 e. The van der Waals surface area contributed by atoms with Gasteiger partial charge < -0.3 is 16.0 Å². The molecule has 1 aliphatic rings. The Balaban J connectivity index is 2.18. The van der Waals surface area contributed by atoms with E-state index >= 15 is 0 Å². The Kier molecular flexibility index (Phi) is 4.90. The molecule has 1 amide bonds. The minimum Gasteiger partial charge on any atom is -0.355 e. The van der Waals surface area contributed by atoms with Gasteiger partial charge in [-0.2, -0.15) is 0 Å². The fraction of sp³-hybridized carbons (Fsp3) is 0.900. The summed E-state index contributed by atoms with van der Waals surface area (Å²) < 4.78 is 0. The third-order valence-corrected chi connectivity index (χ3v) is 2.66. The van der Waals surface area contributed by atoms with Crippen molar-refractivity contribution in [2.45, 2.75) is 19.3 Å². The van der Waals surface area contributed by atoms with Crippen LogP contribution in [0.1, 0.15) is 19.3 Å². The molecule has 0 aromatic rings. The van der Waals surface area contributed by atoms with E-state index in [1.165, 1.54) is 19.4 Å². The Bertz CT molecular complexity index is 184. The molecule has 0 saturated carbocycles. The highest BCUT2D eigenvalue weighted by molar-refractivity contribution is 5.76. The van der Waals surface area contributed by atoms with Gasteiger partial charge >= 0.3 is 0 Å². The maximum atomic E-state index is 11.4. The molecular formula is C10H21N3O. The minimum absolute atomic E-state index is 0.149. The van der Waals surface area contributed by atoms with Crippen LogP contribution < -0.4 is 11.1 Å². The number of rotatable bonds is 4. The van der Waals surface area contributed by atoms with Gasteiger partial charge in [-0.3, -0.25) is 4.79 Å². The van der Waals surface area contributed by atoms with Gasteiger partial charge in [-0.15, -0.1) is 0 Å². The summed E-state index contributed by atoms with van der Waals surface area (Å²) in [5, 5.41) is 2.81. The van der Waals surface area contributed by atoms with E-state index in [4.69, 9.17) is 5.73 Å². The molecule has 1 fully saturated rings. The number of nitrogens with one attached hydrogen (secondary N) is 1. The van der Waals surface area contributed by atoms with Crippen molar-refractivity contribution >= 4 is 5.91 Å². The molecule has 0 bridgehead atoms. The average Bonchev–Trinajstić information content (AvgIpc) is 2.15. The lowest BCUT2D eigenvalue weighted by Gasteiger charge is -2.29. The highest BCUT2D eigenvalue weighted by atomic mass is 16.1. The summed E-state index contributed by atoms with van der Waals surface area (Å²) in [6.07, 6.45) is 3.05. The molecule has 4 heteroatoms. The average molecular weight is 199 g/mol. The van der Waals surface area contributed by atoms with Crippen LogP contribution in [0.3, 0.4) is 0 Å². The lowest BCUT2D eigenvalue weighted by atomic mass is 9.95. The zero-order chi connectivity index (χ0) is 10.4. The van der Waals surface area contributed by atoms with Crippen LogP contribution in [0, 0.1) is 5.92 Å². The number of amides is 1. The van der Waals surface area contributed by atoms with Gasteiger partial charge in [0.15, 0.2) is 0 Å². The Morgan fingerprint density at radius 3 is 3.07 bits per heavy atom. The van der Waals surface area contributed by atoms with E-state index in [-0.39, 0.29) is 5.91 Å². The van der Waals surface area contributed by atoms with Crippen molar-refractivity contribution in [3.05, 3.63) is 0 Å². The predicted molar refractivity (Wildman–Crippen MR) is 56.9 cm³/mol. The minimum atomic E-state index is 0.149. The number of nitrogens with two attached hydrogens (primary N) is 1. The third kappa shape index (κ3) is 4.07. The molecule has 3 N–H and O–H groups in total. The van der Waals surface area contributed by atoms with Crippen molar-refractivity contribution in [3.8, 4) is 0 Å². The first-order chi connectivity index (χ1) is 6.72. The molecule has 1 aliphatic heterocycles. The van der Waals surface area contributed by atoms with Crippen LogP contribution in [0.5, 0.6) is 0 Å². The molecule has 14 heavy (non-hydrogen) atoms. The van der Waals surface area contributed by atoms with Crippen molar-refractivity contribution in [1.29, 1.82) is 0 Å². The number of hydrogen-bond donors (Lipinski definition) is 2. The second-order valence-corrected chi connectivity index (χ2v) is 4.11. The number of hydrogen-bond acceptors (Lipinski definition) is 3. The predicted octanol–water partition coefficient (Wildman–Crippen LogP) is -0.207. The molecule has 0 spiro atoms. The molecule has 1 heterocycles. The molecule has 0 aromatic heterocycles. The first kappa shape index (κ1) is 11.5. The zero-order valence-electron chi connectivity index (χ0n) is 8.96. The number of piperidine rings is 1. The van der Waals surface area contributed by atoms with Crippen LogP contribution in [-0.2, 0) is 4.79 Å². The van der Waals surface area contributed by atoms with Crippen molar-refractivity contribution in [3.63, 3.8) is 0 Å². The van der Waals surface area contributed by atoms with Crippen LogP contribution in [0.4, 0.5) is 0 Å². The summed E-state index contributed by atoms with van der Waals surface area (Å²) in [6.45, 7) is 3.34. The first-order valence-electron chi connectivity index (χ1n) is 5.37. The summed E-state index contributed by atoms with van der Waals surface area (Å²) in [5.74, 6) is 0.683. The summed E-state index contributed by atoms with van der Waals surface area (Å²) in [7, 11) is 2.12. The van der Waals surface area contributed by atoms with Gasteiger partial charge in [-0.25, -0.2) is 0 Å². The smallest absolute Gasteiger partial charge is 0.220 e. The number of carbonyl (C=O) groups excluding carboxylic acids is 1. The SMILES string of the molecule is CN1CCCC(CC(=O)NCCN)C1. The lowest BCUT2D eigenvalue weighted by molar-refractivity contribution is -0.122. The summed E-state index contributed by atoms with van der Waals surface area (Å²) >= 11 is 0. The number of likely N-dealkylation sites (tertiary alicyclic amines) is 1. The maximum Gasteiger partial charge on any atom is 0.220 e. The monoisotopic (exact) mass is 199 g/mol. The molecule has 1 atom stereocenters. The van der Waals surface area contributed by atoms with Gasteiger partial charge in [-0.1, -0.05) is 0 Å². The van der Waals surface area contributed by atoms with E-state index in [2.05, 4.69) is 17.3 Å². The summed E-state index contributed by atoms with van der Waals surface area (Å²) in [4.78, 5) is 13.7. The molecule has 1 unspecified atom stereocenters. The number of nitrogens with zero attached hydrogens (tertiary/aromatic N) is 1. The highest BCUT2D eigenvalue weighted by Crippen LogP contribution is 2.17. The van der Waals surface area contributed by atoms with E-state index in [0.29, 0.717) is 25.4 Å². The van der Waals surface area contributed by atoms with Crippen LogP contribution in [0.15, 0.2) is 0 Å². The van der Waals surface area contributed by atoms with Gasteiger partial charge in [-0.05, 0) is 32.4 Å². The Labute approximate surface area is 85.8 Å². The van der Waals surface area contributed by atoms with Crippen LogP contribution in [0.2, 0.25) is 0 Å². The molecule has 0 aromatic carbocycles. The van der Waals surface area contributed by atoms with Gasteiger partial charge in [0, 0.05) is 26.1 Å². The second-order valence-electron chi connectivity index (χ2n) is 4.11. The molecule has 1 saturated heterocycles. The van der Waals surface area contributed by atoms with E-state index in [1.807, 2.05) is 0 Å². The topological polar surface area (TPSA) is 58.4 Å². The summed E-state index contributed by atoms with van der Waals surface area (Å²) in [6, 6.07) is 0. The zero-order valence-corrected chi connectivity index (χ0v) is 8.96. The van der Waals surface area contributed by atoms with Crippen LogP contribution in [-0.4, -0.2) is 44.0 Å². The normalized spacial score (nSPS) is 23.4. The molecular weight excluding hydrogens is 178 g/mol. The highest BCUT2D eigenvalue weighted by Gasteiger charge is 2.19. The summed E-state index contributed by atoms with van der Waals surface area (Å²) in [5.41, 5.74) is 5.31. The van der Waals surface area contributed by atoms with Crippen molar-refractivity contribution in [2.24, 2.45) is 11.7 Å². The molecule has 82 valence electrons. The van der Waals surface area contributed by atoms with Gasteiger partial charge in [0.1, 0.15) is 0 Å². The van der Waals surface area contributed by atoms with E-state index in [1.54, 1.807) is 0 Å². The van der Waals surface area contributed by atoms with Gasteiger partial charge in [0.05, 0.1) is 0 Å². The van der Waals surface area contributed by atoms with E-state index in [0.717, 1.165) is 6.54 Å². The maximum absolute atomic E-state index is 11.4. The molecule has 0 radical (unpaired) electrons. The fourth-order valence-electron chi connectivity index (χ4n) is 1.99. The first-order valence-corrected chi connectivity index (χ1v) is 5.37. The Morgan fingerprint density at radius 2 is 2.43 bits per heavy atom. The van der Waals surface area contributed by atoms with E-state index < -0.39 is 0 Å². The lowest BCUT2D eigenvalue weighted by Crippen LogP contribution is -2.36. The standard InChI is InChI=1S/C10H21N3O/c1-13-6-2-3-9(8-13)7-10(14)12-5-4-11/h9H,2-8,11H2,1H3,(H,12,14). The van der Waals surface area contributed by atoms with Crippen molar-refractivity contribution < 1.29 is 4.79 Å². The molecule has 1 rings (SSSR count). The van der Waals surface area contributed by atoms with Crippen molar-refractivity contribution in [1.82, 2.24) is 10.2 Å². The van der Waals surface area contributed by atoms with Crippen LogP contribution >= 0.6 is 0 Å². The van der Waals surface area contributed by atoms with E-state index in [9.17, 15) is 4.79 Å². The molecule has 0 aliphatic carbocycles. The van der Waals surface area contributed by atoms with Gasteiger partial charge in [0.25, 0.3) is 0 Å². The Hall–Kier alpha value is -0.610. The fourth-order valence-corrected chi connectivity index (χ4v) is 1.99. The Morgan fingerprint density at radius 1 is 1.64 bits per heavy atom. The van der Waals surface area contributed by atoms with Crippen molar-refractivity contribution in [2.75, 3.05) is 33.2 Å². The quantitative estimate of drug-likeness (QED) is 0.659. The molecule has 4 nitrogen and oxygen atoms in total. The second kappa shape index (κ2) is 5.98. The number of carbonyl (C=O) groups is 1. The van der Waals surface area contributed by atoms with Gasteiger partial charge in [0.2, 0.25) is 5.91 Å². The van der Waals surface area contributed by atoms with Crippen LogP contribution in [0.25, 0.3) is 0 Å². The third-order valence-electron chi connectivity index (χ3n) is 2.66.